The van der Waals surface area contributed by atoms with Gasteiger partial charge in [-0.15, -0.1) is 11.3 Å². The lowest BCUT2D eigenvalue weighted by Crippen LogP contribution is -2.33. The van der Waals surface area contributed by atoms with E-state index in [1.807, 2.05) is 17.5 Å². The lowest BCUT2D eigenvalue weighted by atomic mass is 10.1. The largest absolute Gasteiger partial charge is 0.338 e. The highest BCUT2D eigenvalue weighted by atomic mass is 32.1. The number of anilines is 1. The van der Waals surface area contributed by atoms with Crippen molar-refractivity contribution >= 4 is 22.4 Å². The van der Waals surface area contributed by atoms with Gasteiger partial charge in [0.05, 0.1) is 5.00 Å². The summed E-state index contributed by atoms with van der Waals surface area (Å²) in [6.07, 6.45) is 1.15. The van der Waals surface area contributed by atoms with Gasteiger partial charge in [-0.2, -0.15) is 0 Å². The molecule has 1 fully saturated rings. The Morgan fingerprint density at radius 2 is 2.60 bits per heavy atom. The molecule has 1 aromatic rings. The summed E-state index contributed by atoms with van der Waals surface area (Å²) >= 11 is 1.53. The number of amides is 2. The maximum atomic E-state index is 11.4. The van der Waals surface area contributed by atoms with Crippen molar-refractivity contribution in [1.82, 2.24) is 10.6 Å². The molecule has 0 saturated carbocycles. The van der Waals surface area contributed by atoms with E-state index in [0.29, 0.717) is 5.92 Å². The smallest absolute Gasteiger partial charge is 0.319 e. The van der Waals surface area contributed by atoms with E-state index in [-0.39, 0.29) is 6.03 Å². The molecule has 2 amide bonds. The van der Waals surface area contributed by atoms with Crippen molar-refractivity contribution in [3.63, 3.8) is 0 Å². The molecule has 0 bridgehead atoms. The molecule has 0 aliphatic carbocycles. The first-order chi connectivity index (χ1) is 7.34. The maximum Gasteiger partial charge on any atom is 0.319 e. The first-order valence-corrected chi connectivity index (χ1v) is 6.01. The number of carbonyl (C=O) groups is 1. The molecule has 1 aliphatic rings. The minimum Gasteiger partial charge on any atom is -0.338 e. The number of hydrogen-bond acceptors (Lipinski definition) is 3. The predicted octanol–water partition coefficient (Wildman–Crippen LogP) is 1.48. The Morgan fingerprint density at radius 3 is 3.27 bits per heavy atom. The van der Waals surface area contributed by atoms with E-state index in [9.17, 15) is 4.79 Å². The Labute approximate surface area is 93.1 Å². The van der Waals surface area contributed by atoms with Crippen LogP contribution >= 0.6 is 11.3 Å². The van der Waals surface area contributed by atoms with Crippen LogP contribution in [-0.2, 0) is 0 Å². The fourth-order valence-electron chi connectivity index (χ4n) is 1.63. The molecule has 1 saturated heterocycles. The summed E-state index contributed by atoms with van der Waals surface area (Å²) in [7, 11) is 0. The van der Waals surface area contributed by atoms with Crippen molar-refractivity contribution < 1.29 is 4.79 Å². The number of carbonyl (C=O) groups excluding carboxylic acids is 1. The SMILES string of the molecule is O=C(NCC1CCNC1)Nc1cccs1. The summed E-state index contributed by atoms with van der Waals surface area (Å²) in [6, 6.07) is 3.70. The highest BCUT2D eigenvalue weighted by Crippen LogP contribution is 2.14. The van der Waals surface area contributed by atoms with Gasteiger partial charge in [-0.1, -0.05) is 0 Å². The van der Waals surface area contributed by atoms with E-state index in [1.165, 1.54) is 11.3 Å². The van der Waals surface area contributed by atoms with Crippen LogP contribution in [0.3, 0.4) is 0 Å². The van der Waals surface area contributed by atoms with Gasteiger partial charge in [-0.05, 0) is 42.9 Å². The second kappa shape index (κ2) is 5.14. The summed E-state index contributed by atoms with van der Waals surface area (Å²) in [5.74, 6) is 0.582. The molecule has 0 aromatic carbocycles. The summed E-state index contributed by atoms with van der Waals surface area (Å²) < 4.78 is 0. The first kappa shape index (κ1) is 10.4. The van der Waals surface area contributed by atoms with E-state index in [0.717, 1.165) is 31.1 Å². The van der Waals surface area contributed by atoms with Gasteiger partial charge in [-0.25, -0.2) is 4.79 Å². The number of rotatable bonds is 3. The van der Waals surface area contributed by atoms with Crippen LogP contribution in [0.1, 0.15) is 6.42 Å². The molecule has 1 unspecified atom stereocenters. The average molecular weight is 225 g/mol. The summed E-state index contributed by atoms with van der Waals surface area (Å²) in [5.41, 5.74) is 0. The Kier molecular flexibility index (Phi) is 3.58. The molecule has 1 atom stereocenters. The molecule has 3 N–H and O–H groups in total. The van der Waals surface area contributed by atoms with Crippen LogP contribution < -0.4 is 16.0 Å². The lowest BCUT2D eigenvalue weighted by Gasteiger charge is -2.10. The zero-order valence-electron chi connectivity index (χ0n) is 8.45. The van der Waals surface area contributed by atoms with Crippen molar-refractivity contribution in [2.45, 2.75) is 6.42 Å². The van der Waals surface area contributed by atoms with Gasteiger partial charge >= 0.3 is 6.03 Å². The van der Waals surface area contributed by atoms with Crippen molar-refractivity contribution in [3.05, 3.63) is 17.5 Å². The topological polar surface area (TPSA) is 53.2 Å². The number of thiophene rings is 1. The van der Waals surface area contributed by atoms with E-state index >= 15 is 0 Å². The molecular formula is C10H15N3OS. The molecule has 0 radical (unpaired) electrons. The second-order valence-electron chi connectivity index (χ2n) is 3.67. The normalized spacial score (nSPS) is 20.1. The highest BCUT2D eigenvalue weighted by molar-refractivity contribution is 7.14. The van der Waals surface area contributed by atoms with E-state index in [1.54, 1.807) is 0 Å². The van der Waals surface area contributed by atoms with Gasteiger partial charge in [0, 0.05) is 6.54 Å². The molecule has 2 heterocycles. The fraction of sp³-hybridized carbons (Fsp3) is 0.500. The van der Waals surface area contributed by atoms with Gasteiger partial charge < -0.3 is 10.6 Å². The predicted molar refractivity (Wildman–Crippen MR) is 62.3 cm³/mol. The standard InChI is InChI=1S/C10H15N3OS/c14-10(13-9-2-1-5-15-9)12-7-8-3-4-11-6-8/h1-2,5,8,11H,3-4,6-7H2,(H2,12,13,14). The van der Waals surface area contributed by atoms with Crippen LogP contribution in [0.5, 0.6) is 0 Å². The summed E-state index contributed by atoms with van der Waals surface area (Å²) in [6.45, 7) is 2.84. The van der Waals surface area contributed by atoms with Crippen LogP contribution in [0.4, 0.5) is 9.80 Å². The number of urea groups is 1. The van der Waals surface area contributed by atoms with Gasteiger partial charge in [0.15, 0.2) is 0 Å². The second-order valence-corrected chi connectivity index (χ2v) is 4.62. The zero-order valence-corrected chi connectivity index (χ0v) is 9.27. The zero-order chi connectivity index (χ0) is 10.5. The van der Waals surface area contributed by atoms with E-state index in [4.69, 9.17) is 0 Å². The van der Waals surface area contributed by atoms with Crippen molar-refractivity contribution in [3.8, 4) is 0 Å². The molecular weight excluding hydrogens is 210 g/mol. The van der Waals surface area contributed by atoms with Crippen molar-refractivity contribution in [2.24, 2.45) is 5.92 Å². The quantitative estimate of drug-likeness (QED) is 0.730. The minimum atomic E-state index is -0.107. The van der Waals surface area contributed by atoms with Crippen molar-refractivity contribution in [1.29, 1.82) is 0 Å². The van der Waals surface area contributed by atoms with Crippen LogP contribution in [0.25, 0.3) is 0 Å². The highest BCUT2D eigenvalue weighted by Gasteiger charge is 2.14. The van der Waals surface area contributed by atoms with E-state index in [2.05, 4.69) is 16.0 Å². The Hall–Kier alpha value is -1.07. The Balaban J connectivity index is 1.68. The van der Waals surface area contributed by atoms with Crippen LogP contribution in [0, 0.1) is 5.92 Å². The van der Waals surface area contributed by atoms with Gasteiger partial charge in [0.2, 0.25) is 0 Å². The molecule has 4 nitrogen and oxygen atoms in total. The minimum absolute atomic E-state index is 0.107. The summed E-state index contributed by atoms with van der Waals surface area (Å²) in [5, 5.41) is 11.8. The maximum absolute atomic E-state index is 11.4. The van der Waals surface area contributed by atoms with Gasteiger partial charge in [-0.3, -0.25) is 5.32 Å². The first-order valence-electron chi connectivity index (χ1n) is 5.13. The third-order valence-corrected chi connectivity index (χ3v) is 3.26. The summed E-state index contributed by atoms with van der Waals surface area (Å²) in [4.78, 5) is 11.4. The van der Waals surface area contributed by atoms with Crippen molar-refractivity contribution in [2.75, 3.05) is 25.0 Å². The van der Waals surface area contributed by atoms with Crippen LogP contribution in [0.2, 0.25) is 0 Å². The van der Waals surface area contributed by atoms with Gasteiger partial charge in [0.1, 0.15) is 0 Å². The number of nitrogens with one attached hydrogen (secondary N) is 3. The molecule has 15 heavy (non-hydrogen) atoms. The fourth-order valence-corrected chi connectivity index (χ4v) is 2.24. The molecule has 82 valence electrons. The number of hydrogen-bond donors (Lipinski definition) is 3. The Morgan fingerprint density at radius 1 is 1.67 bits per heavy atom. The Bertz CT molecular complexity index is 306. The molecule has 1 aliphatic heterocycles. The third-order valence-electron chi connectivity index (χ3n) is 2.47. The van der Waals surface area contributed by atoms with Crippen LogP contribution in [-0.4, -0.2) is 25.7 Å². The van der Waals surface area contributed by atoms with E-state index < -0.39 is 0 Å². The molecule has 2 rings (SSSR count). The van der Waals surface area contributed by atoms with Crippen LogP contribution in [0.15, 0.2) is 17.5 Å². The van der Waals surface area contributed by atoms with Gasteiger partial charge in [0.25, 0.3) is 0 Å². The third kappa shape index (κ3) is 3.21. The molecule has 1 aromatic heterocycles. The average Bonchev–Trinajstić information content (AvgIpc) is 2.86. The molecule has 5 heteroatoms. The monoisotopic (exact) mass is 225 g/mol. The lowest BCUT2D eigenvalue weighted by molar-refractivity contribution is 0.250. The molecule has 0 spiro atoms.